The standard InChI is InChI=1S/C22H22N2O4/c1-27-17-7-5-6-15(12-17)10-11-21(25)24-20(22(26)28-2)13-16-14-23-19-9-4-3-8-18(16)19/h3-12,14,20,23H,13H2,1-2H3,(H,24,25)/b11-10+/t20-/m1/s1. The first-order chi connectivity index (χ1) is 13.6. The second kappa shape index (κ2) is 8.90. The molecule has 1 heterocycles. The summed E-state index contributed by atoms with van der Waals surface area (Å²) < 4.78 is 10.0. The molecule has 0 bridgehead atoms. The molecule has 0 aliphatic heterocycles. The van der Waals surface area contributed by atoms with Gasteiger partial charge in [-0.15, -0.1) is 0 Å². The van der Waals surface area contributed by atoms with Gasteiger partial charge in [-0.2, -0.15) is 0 Å². The van der Waals surface area contributed by atoms with Crippen LogP contribution >= 0.6 is 0 Å². The fourth-order valence-electron chi connectivity index (χ4n) is 2.99. The van der Waals surface area contributed by atoms with E-state index in [4.69, 9.17) is 9.47 Å². The van der Waals surface area contributed by atoms with Crippen molar-refractivity contribution in [1.82, 2.24) is 10.3 Å². The quantitative estimate of drug-likeness (QED) is 0.489. The summed E-state index contributed by atoms with van der Waals surface area (Å²) in [4.78, 5) is 27.7. The Kier molecular flexibility index (Phi) is 6.11. The zero-order valence-corrected chi connectivity index (χ0v) is 15.8. The number of rotatable bonds is 7. The van der Waals surface area contributed by atoms with Gasteiger partial charge in [-0.05, 0) is 35.4 Å². The molecule has 0 aliphatic carbocycles. The molecule has 0 unspecified atom stereocenters. The normalized spacial score (nSPS) is 12.1. The van der Waals surface area contributed by atoms with Gasteiger partial charge in [0.15, 0.2) is 0 Å². The molecule has 0 saturated heterocycles. The maximum atomic E-state index is 12.3. The molecular formula is C22H22N2O4. The number of carbonyl (C=O) groups is 2. The van der Waals surface area contributed by atoms with Crippen molar-refractivity contribution >= 4 is 28.9 Å². The van der Waals surface area contributed by atoms with Crippen LogP contribution in [0.4, 0.5) is 0 Å². The molecule has 144 valence electrons. The second-order valence-electron chi connectivity index (χ2n) is 6.26. The summed E-state index contributed by atoms with van der Waals surface area (Å²) >= 11 is 0. The van der Waals surface area contributed by atoms with Gasteiger partial charge in [-0.1, -0.05) is 30.3 Å². The van der Waals surface area contributed by atoms with E-state index in [2.05, 4.69) is 10.3 Å². The molecule has 0 saturated carbocycles. The first-order valence-corrected chi connectivity index (χ1v) is 8.86. The molecule has 1 atom stereocenters. The van der Waals surface area contributed by atoms with Gasteiger partial charge in [0.2, 0.25) is 5.91 Å². The van der Waals surface area contributed by atoms with Crippen molar-refractivity contribution in [1.29, 1.82) is 0 Å². The summed E-state index contributed by atoms with van der Waals surface area (Å²) in [5.41, 5.74) is 2.73. The summed E-state index contributed by atoms with van der Waals surface area (Å²) in [6.07, 6.45) is 5.23. The average Bonchev–Trinajstić information content (AvgIpc) is 3.14. The Hall–Kier alpha value is -3.54. The molecule has 2 aromatic carbocycles. The van der Waals surface area contributed by atoms with E-state index in [0.29, 0.717) is 12.2 Å². The van der Waals surface area contributed by atoms with E-state index < -0.39 is 12.0 Å². The summed E-state index contributed by atoms with van der Waals surface area (Å²) in [5, 5.41) is 3.74. The Morgan fingerprint density at radius 1 is 1.14 bits per heavy atom. The third kappa shape index (κ3) is 4.59. The topological polar surface area (TPSA) is 80.4 Å². The van der Waals surface area contributed by atoms with E-state index in [1.807, 2.05) is 54.7 Å². The summed E-state index contributed by atoms with van der Waals surface area (Å²) in [6.45, 7) is 0. The number of benzene rings is 2. The van der Waals surface area contributed by atoms with Gasteiger partial charge >= 0.3 is 5.97 Å². The van der Waals surface area contributed by atoms with Crippen LogP contribution in [-0.2, 0) is 20.7 Å². The lowest BCUT2D eigenvalue weighted by Gasteiger charge is -2.15. The number of aromatic nitrogens is 1. The molecule has 0 aliphatic rings. The molecule has 2 N–H and O–H groups in total. The SMILES string of the molecule is COC(=O)[C@@H](Cc1c[nH]c2ccccc12)NC(=O)/C=C/c1cccc(OC)c1. The van der Waals surface area contributed by atoms with E-state index >= 15 is 0 Å². The molecule has 3 aromatic rings. The van der Waals surface area contributed by atoms with Crippen molar-refractivity contribution in [2.75, 3.05) is 14.2 Å². The average molecular weight is 378 g/mol. The molecule has 6 heteroatoms. The van der Waals surface area contributed by atoms with Crippen LogP contribution in [0.15, 0.2) is 60.8 Å². The van der Waals surface area contributed by atoms with E-state index in [1.165, 1.54) is 13.2 Å². The first-order valence-electron chi connectivity index (χ1n) is 8.86. The number of hydrogen-bond acceptors (Lipinski definition) is 4. The molecule has 1 aromatic heterocycles. The van der Waals surface area contributed by atoms with Crippen LogP contribution in [0.25, 0.3) is 17.0 Å². The third-order valence-corrected chi connectivity index (χ3v) is 4.42. The van der Waals surface area contributed by atoms with E-state index in [9.17, 15) is 9.59 Å². The van der Waals surface area contributed by atoms with Gasteiger partial charge < -0.3 is 19.8 Å². The predicted molar refractivity (Wildman–Crippen MR) is 108 cm³/mol. The van der Waals surface area contributed by atoms with Crippen molar-refractivity contribution < 1.29 is 19.1 Å². The van der Waals surface area contributed by atoms with Crippen LogP contribution in [-0.4, -0.2) is 37.1 Å². The number of para-hydroxylation sites is 1. The van der Waals surface area contributed by atoms with Crippen LogP contribution in [0, 0.1) is 0 Å². The number of nitrogens with one attached hydrogen (secondary N) is 2. The summed E-state index contributed by atoms with van der Waals surface area (Å²) in [7, 11) is 2.89. The molecule has 0 spiro atoms. The molecule has 3 rings (SSSR count). The second-order valence-corrected chi connectivity index (χ2v) is 6.26. The number of esters is 1. The molecule has 0 radical (unpaired) electrons. The fourth-order valence-corrected chi connectivity index (χ4v) is 2.99. The van der Waals surface area contributed by atoms with E-state index in [0.717, 1.165) is 22.0 Å². The van der Waals surface area contributed by atoms with Crippen molar-refractivity contribution in [2.24, 2.45) is 0 Å². The lowest BCUT2D eigenvalue weighted by Crippen LogP contribution is -2.42. The maximum absolute atomic E-state index is 12.3. The molecule has 6 nitrogen and oxygen atoms in total. The lowest BCUT2D eigenvalue weighted by molar-refractivity contribution is -0.144. The third-order valence-electron chi connectivity index (χ3n) is 4.42. The number of amides is 1. The zero-order chi connectivity index (χ0) is 19.9. The number of H-pyrrole nitrogens is 1. The highest BCUT2D eigenvalue weighted by atomic mass is 16.5. The van der Waals surface area contributed by atoms with Crippen molar-refractivity contribution in [3.8, 4) is 5.75 Å². The Morgan fingerprint density at radius 3 is 2.75 bits per heavy atom. The van der Waals surface area contributed by atoms with Gasteiger partial charge in [0.25, 0.3) is 0 Å². The maximum Gasteiger partial charge on any atom is 0.328 e. The van der Waals surface area contributed by atoms with Crippen molar-refractivity contribution in [3.63, 3.8) is 0 Å². The van der Waals surface area contributed by atoms with Crippen molar-refractivity contribution in [2.45, 2.75) is 12.5 Å². The van der Waals surface area contributed by atoms with Crippen LogP contribution < -0.4 is 10.1 Å². The van der Waals surface area contributed by atoms with Crippen LogP contribution in [0.5, 0.6) is 5.75 Å². The number of methoxy groups -OCH3 is 2. The van der Waals surface area contributed by atoms with Crippen LogP contribution in [0.2, 0.25) is 0 Å². The van der Waals surface area contributed by atoms with Gasteiger partial charge in [0.1, 0.15) is 11.8 Å². The van der Waals surface area contributed by atoms with Gasteiger partial charge in [0.05, 0.1) is 14.2 Å². The van der Waals surface area contributed by atoms with Crippen molar-refractivity contribution in [3.05, 3.63) is 71.9 Å². The number of fused-ring (bicyclic) bond motifs is 1. The monoisotopic (exact) mass is 378 g/mol. The van der Waals surface area contributed by atoms with Crippen LogP contribution in [0.1, 0.15) is 11.1 Å². The molecule has 0 fully saturated rings. The molecular weight excluding hydrogens is 356 g/mol. The molecule has 1 amide bonds. The number of aromatic amines is 1. The van der Waals surface area contributed by atoms with Crippen LogP contribution in [0.3, 0.4) is 0 Å². The van der Waals surface area contributed by atoms with Gasteiger partial charge in [-0.3, -0.25) is 4.79 Å². The van der Waals surface area contributed by atoms with E-state index in [1.54, 1.807) is 13.2 Å². The largest absolute Gasteiger partial charge is 0.497 e. The van der Waals surface area contributed by atoms with Gasteiger partial charge in [-0.25, -0.2) is 4.79 Å². The number of hydrogen-bond donors (Lipinski definition) is 2. The summed E-state index contributed by atoms with van der Waals surface area (Å²) in [5.74, 6) is -0.166. The highest BCUT2D eigenvalue weighted by molar-refractivity contribution is 5.95. The lowest BCUT2D eigenvalue weighted by atomic mass is 10.0. The number of carbonyl (C=O) groups excluding carboxylic acids is 2. The minimum atomic E-state index is -0.785. The first kappa shape index (κ1) is 19.2. The van der Waals surface area contributed by atoms with E-state index in [-0.39, 0.29) is 5.91 Å². The fraction of sp³-hybridized carbons (Fsp3) is 0.182. The summed E-state index contributed by atoms with van der Waals surface area (Å²) in [6, 6.07) is 14.3. The smallest absolute Gasteiger partial charge is 0.328 e. The minimum absolute atomic E-state index is 0.329. The number of ether oxygens (including phenoxy) is 2. The minimum Gasteiger partial charge on any atom is -0.497 e. The predicted octanol–water partition coefficient (Wildman–Crippen LogP) is 3.09. The van der Waals surface area contributed by atoms with Gasteiger partial charge in [0, 0.05) is 29.6 Å². The Balaban J connectivity index is 1.72. The Labute approximate surface area is 163 Å². The highest BCUT2D eigenvalue weighted by Crippen LogP contribution is 2.19. The zero-order valence-electron chi connectivity index (χ0n) is 15.8. The highest BCUT2D eigenvalue weighted by Gasteiger charge is 2.22. The molecule has 28 heavy (non-hydrogen) atoms. The Morgan fingerprint density at radius 2 is 1.96 bits per heavy atom. The Bertz CT molecular complexity index is 1010.